The summed E-state index contributed by atoms with van der Waals surface area (Å²) in [6.45, 7) is 1.29. The third kappa shape index (κ3) is 2.45. The molecule has 4 nitrogen and oxygen atoms in total. The Balaban J connectivity index is 1.68. The van der Waals surface area contributed by atoms with Gasteiger partial charge in [-0.15, -0.1) is 0 Å². The molecule has 100 valence electrons. The van der Waals surface area contributed by atoms with Crippen LogP contribution in [-0.2, 0) is 4.79 Å². The van der Waals surface area contributed by atoms with Crippen LogP contribution in [0.5, 0.6) is 0 Å². The van der Waals surface area contributed by atoms with Crippen molar-refractivity contribution in [2.75, 3.05) is 19.6 Å². The smallest absolute Gasteiger partial charge is 0.254 e. The maximum atomic E-state index is 12.8. The van der Waals surface area contributed by atoms with Gasteiger partial charge in [0.05, 0.1) is 0 Å². The average molecular weight is 262 g/mol. The summed E-state index contributed by atoms with van der Waals surface area (Å²) in [7, 11) is 0. The van der Waals surface area contributed by atoms with E-state index in [-0.39, 0.29) is 24.2 Å². The molecule has 1 saturated carbocycles. The second-order valence-electron chi connectivity index (χ2n) is 5.05. The summed E-state index contributed by atoms with van der Waals surface area (Å²) < 4.78 is 12.8. The van der Waals surface area contributed by atoms with Crippen molar-refractivity contribution < 1.29 is 14.0 Å². The Labute approximate surface area is 110 Å². The Bertz CT molecular complexity index is 511. The van der Waals surface area contributed by atoms with E-state index in [4.69, 9.17) is 0 Å². The van der Waals surface area contributed by atoms with E-state index in [2.05, 4.69) is 0 Å². The standard InChI is InChI=1S/C14H15FN2O2/c15-11-3-1-10(2-4-11)14(19)16-7-8-17(12-5-6-12)13(18)9-16/h1-4,12H,5-9H2. The molecule has 0 atom stereocenters. The minimum absolute atomic E-state index is 0.0178. The first kappa shape index (κ1) is 12.1. The van der Waals surface area contributed by atoms with Gasteiger partial charge < -0.3 is 9.80 Å². The number of carbonyl (C=O) groups excluding carboxylic acids is 2. The van der Waals surface area contributed by atoms with Crippen molar-refractivity contribution in [3.63, 3.8) is 0 Å². The lowest BCUT2D eigenvalue weighted by atomic mass is 10.1. The third-order valence-corrected chi connectivity index (χ3v) is 3.62. The number of carbonyl (C=O) groups is 2. The second-order valence-corrected chi connectivity index (χ2v) is 5.05. The zero-order chi connectivity index (χ0) is 13.4. The fourth-order valence-corrected chi connectivity index (χ4v) is 2.41. The van der Waals surface area contributed by atoms with Gasteiger partial charge in [-0.3, -0.25) is 9.59 Å². The quantitative estimate of drug-likeness (QED) is 0.805. The molecule has 2 amide bonds. The summed E-state index contributed by atoms with van der Waals surface area (Å²) in [5.41, 5.74) is 0.425. The lowest BCUT2D eigenvalue weighted by molar-refractivity contribution is -0.135. The highest BCUT2D eigenvalue weighted by molar-refractivity contribution is 5.97. The number of benzene rings is 1. The highest BCUT2D eigenvalue weighted by atomic mass is 19.1. The van der Waals surface area contributed by atoms with E-state index in [1.165, 1.54) is 29.2 Å². The highest BCUT2D eigenvalue weighted by Gasteiger charge is 2.36. The molecule has 1 heterocycles. The van der Waals surface area contributed by atoms with E-state index < -0.39 is 0 Å². The van der Waals surface area contributed by atoms with Gasteiger partial charge >= 0.3 is 0 Å². The predicted molar refractivity (Wildman–Crippen MR) is 67.0 cm³/mol. The first-order chi connectivity index (χ1) is 9.15. The zero-order valence-corrected chi connectivity index (χ0v) is 10.5. The van der Waals surface area contributed by atoms with Crippen LogP contribution in [0, 0.1) is 5.82 Å². The number of amides is 2. The van der Waals surface area contributed by atoms with Crippen LogP contribution in [0.25, 0.3) is 0 Å². The maximum absolute atomic E-state index is 12.8. The van der Waals surface area contributed by atoms with Crippen LogP contribution in [0.4, 0.5) is 4.39 Å². The van der Waals surface area contributed by atoms with Crippen LogP contribution in [0.1, 0.15) is 23.2 Å². The maximum Gasteiger partial charge on any atom is 0.254 e. The van der Waals surface area contributed by atoms with E-state index >= 15 is 0 Å². The first-order valence-electron chi connectivity index (χ1n) is 6.49. The molecule has 1 aromatic carbocycles. The van der Waals surface area contributed by atoms with E-state index in [0.29, 0.717) is 24.7 Å². The van der Waals surface area contributed by atoms with Gasteiger partial charge in [0.15, 0.2) is 0 Å². The van der Waals surface area contributed by atoms with Crippen molar-refractivity contribution in [2.24, 2.45) is 0 Å². The normalized spacial score (nSPS) is 19.7. The SMILES string of the molecule is O=C(c1ccc(F)cc1)N1CCN(C2CC2)C(=O)C1. The van der Waals surface area contributed by atoms with Crippen molar-refractivity contribution in [3.05, 3.63) is 35.6 Å². The predicted octanol–water partition coefficient (Wildman–Crippen LogP) is 1.27. The largest absolute Gasteiger partial charge is 0.336 e. The van der Waals surface area contributed by atoms with Gasteiger partial charge in [0.1, 0.15) is 12.4 Å². The highest BCUT2D eigenvalue weighted by Crippen LogP contribution is 2.28. The molecular formula is C14H15FN2O2. The molecule has 1 aliphatic heterocycles. The molecule has 1 saturated heterocycles. The first-order valence-corrected chi connectivity index (χ1v) is 6.49. The van der Waals surface area contributed by atoms with Crippen LogP contribution in [0.15, 0.2) is 24.3 Å². The molecule has 0 N–H and O–H groups in total. The van der Waals surface area contributed by atoms with Gasteiger partial charge in [-0.25, -0.2) is 4.39 Å². The van der Waals surface area contributed by atoms with Crippen LogP contribution >= 0.6 is 0 Å². The number of piperazine rings is 1. The molecule has 2 aliphatic rings. The summed E-state index contributed by atoms with van der Waals surface area (Å²) in [5.74, 6) is -0.556. The lowest BCUT2D eigenvalue weighted by Gasteiger charge is -2.34. The molecule has 5 heteroatoms. The number of nitrogens with zero attached hydrogens (tertiary/aromatic N) is 2. The van der Waals surface area contributed by atoms with E-state index in [1.807, 2.05) is 4.90 Å². The monoisotopic (exact) mass is 262 g/mol. The molecule has 0 radical (unpaired) electrons. The summed E-state index contributed by atoms with van der Waals surface area (Å²) >= 11 is 0. The van der Waals surface area contributed by atoms with Gasteiger partial charge in [0.25, 0.3) is 5.91 Å². The summed E-state index contributed by atoms with van der Waals surface area (Å²) in [6, 6.07) is 5.83. The van der Waals surface area contributed by atoms with Gasteiger partial charge in [0.2, 0.25) is 5.91 Å². The number of hydrogen-bond acceptors (Lipinski definition) is 2. The van der Waals surface area contributed by atoms with Crippen molar-refractivity contribution in [2.45, 2.75) is 18.9 Å². The Morgan fingerprint density at radius 3 is 2.42 bits per heavy atom. The molecule has 0 spiro atoms. The third-order valence-electron chi connectivity index (χ3n) is 3.62. The second kappa shape index (κ2) is 4.64. The Morgan fingerprint density at radius 2 is 1.84 bits per heavy atom. The van der Waals surface area contributed by atoms with E-state index in [1.54, 1.807) is 0 Å². The van der Waals surface area contributed by atoms with E-state index in [0.717, 1.165) is 12.8 Å². The number of rotatable bonds is 2. The molecule has 0 bridgehead atoms. The number of hydrogen-bond donors (Lipinski definition) is 0. The molecule has 0 unspecified atom stereocenters. The molecule has 0 aromatic heterocycles. The minimum Gasteiger partial charge on any atom is -0.336 e. The van der Waals surface area contributed by atoms with Gasteiger partial charge in [-0.1, -0.05) is 0 Å². The Hall–Kier alpha value is -1.91. The number of halogens is 1. The lowest BCUT2D eigenvalue weighted by Crippen LogP contribution is -2.52. The van der Waals surface area contributed by atoms with Crippen molar-refractivity contribution >= 4 is 11.8 Å². The Kier molecular flexibility index (Phi) is 2.97. The van der Waals surface area contributed by atoms with Crippen LogP contribution in [-0.4, -0.2) is 47.3 Å². The topological polar surface area (TPSA) is 40.6 Å². The fourth-order valence-electron chi connectivity index (χ4n) is 2.41. The zero-order valence-electron chi connectivity index (χ0n) is 10.5. The average Bonchev–Trinajstić information content (AvgIpc) is 3.23. The van der Waals surface area contributed by atoms with Crippen LogP contribution in [0.2, 0.25) is 0 Å². The van der Waals surface area contributed by atoms with Gasteiger partial charge in [-0.2, -0.15) is 0 Å². The minimum atomic E-state index is -0.369. The molecule has 1 aromatic rings. The summed E-state index contributed by atoms with van der Waals surface area (Å²) in [5, 5.41) is 0. The van der Waals surface area contributed by atoms with Crippen LogP contribution < -0.4 is 0 Å². The molecule has 19 heavy (non-hydrogen) atoms. The molecule has 1 aliphatic carbocycles. The molecule has 2 fully saturated rings. The van der Waals surface area contributed by atoms with E-state index in [9.17, 15) is 14.0 Å². The molecular weight excluding hydrogens is 247 g/mol. The summed E-state index contributed by atoms with van der Waals surface area (Å²) in [4.78, 5) is 27.5. The van der Waals surface area contributed by atoms with Gasteiger partial charge in [0, 0.05) is 24.7 Å². The Morgan fingerprint density at radius 1 is 1.16 bits per heavy atom. The summed E-state index contributed by atoms with van der Waals surface area (Å²) in [6.07, 6.45) is 2.16. The van der Waals surface area contributed by atoms with Crippen molar-refractivity contribution in [3.8, 4) is 0 Å². The molecule has 3 rings (SSSR count). The van der Waals surface area contributed by atoms with Gasteiger partial charge in [-0.05, 0) is 37.1 Å². The van der Waals surface area contributed by atoms with Crippen molar-refractivity contribution in [1.29, 1.82) is 0 Å². The van der Waals surface area contributed by atoms with Crippen LogP contribution in [0.3, 0.4) is 0 Å². The van der Waals surface area contributed by atoms with Crippen molar-refractivity contribution in [1.82, 2.24) is 9.80 Å². The fraction of sp³-hybridized carbons (Fsp3) is 0.429.